The van der Waals surface area contributed by atoms with Crippen molar-refractivity contribution >= 4 is 5.91 Å². The normalized spacial score (nSPS) is 12.1. The average molecular weight is 271 g/mol. The lowest BCUT2D eigenvalue weighted by molar-refractivity contribution is 0.0932. The quantitative estimate of drug-likeness (QED) is 0.654. The minimum Gasteiger partial charge on any atom is -0.503 e. The van der Waals surface area contributed by atoms with Crippen LogP contribution < -0.4 is 5.32 Å². The summed E-state index contributed by atoms with van der Waals surface area (Å²) in [6.07, 6.45) is 5.18. The van der Waals surface area contributed by atoms with E-state index < -0.39 is 40.7 Å². The first kappa shape index (κ1) is 14.9. The van der Waals surface area contributed by atoms with Crippen molar-refractivity contribution in [3.8, 4) is 18.1 Å². The summed E-state index contributed by atoms with van der Waals surface area (Å²) in [5.74, 6) is -5.21. The first-order valence-corrected chi connectivity index (χ1v) is 5.43. The zero-order chi connectivity index (χ0) is 14.7. The van der Waals surface area contributed by atoms with Crippen molar-refractivity contribution < 1.29 is 23.1 Å². The third-order valence-corrected chi connectivity index (χ3v) is 2.51. The van der Waals surface area contributed by atoms with E-state index in [1.807, 2.05) is 0 Å². The van der Waals surface area contributed by atoms with Crippen molar-refractivity contribution in [2.75, 3.05) is 0 Å². The number of carbonyl (C=O) groups excluding carboxylic acids is 1. The molecular weight excluding hydrogens is 259 g/mol. The van der Waals surface area contributed by atoms with Crippen molar-refractivity contribution in [3.63, 3.8) is 0 Å². The van der Waals surface area contributed by atoms with Gasteiger partial charge in [0.1, 0.15) is 0 Å². The van der Waals surface area contributed by atoms with Crippen LogP contribution in [0.25, 0.3) is 0 Å². The summed E-state index contributed by atoms with van der Waals surface area (Å²) in [6, 6.07) is -0.324. The minimum absolute atomic E-state index is 0.129. The number of terminal acetylenes is 1. The number of phenols is 1. The first-order valence-electron chi connectivity index (χ1n) is 5.43. The Kier molecular flexibility index (Phi) is 4.43. The van der Waals surface area contributed by atoms with Crippen LogP contribution in [0.2, 0.25) is 0 Å². The molecule has 1 aromatic carbocycles. The van der Waals surface area contributed by atoms with Crippen LogP contribution in [-0.4, -0.2) is 17.1 Å². The number of aromatic hydroxyl groups is 1. The molecule has 2 N–H and O–H groups in total. The number of benzene rings is 1. The average Bonchev–Trinajstić information content (AvgIpc) is 2.36. The van der Waals surface area contributed by atoms with Gasteiger partial charge >= 0.3 is 0 Å². The zero-order valence-electron chi connectivity index (χ0n) is 10.3. The topological polar surface area (TPSA) is 49.3 Å². The second-order valence-electron chi connectivity index (χ2n) is 4.24. The minimum atomic E-state index is -1.74. The molecule has 0 saturated carbocycles. The van der Waals surface area contributed by atoms with Crippen LogP contribution in [0.3, 0.4) is 0 Å². The number of hydrogen-bond donors (Lipinski definition) is 2. The molecule has 19 heavy (non-hydrogen) atoms. The van der Waals surface area contributed by atoms with Gasteiger partial charge in [-0.3, -0.25) is 4.79 Å². The van der Waals surface area contributed by atoms with Crippen molar-refractivity contribution in [2.24, 2.45) is 5.92 Å². The summed E-state index contributed by atoms with van der Waals surface area (Å²) < 4.78 is 39.4. The molecule has 1 atom stereocenters. The maximum Gasteiger partial charge on any atom is 0.255 e. The van der Waals surface area contributed by atoms with Gasteiger partial charge < -0.3 is 10.4 Å². The molecule has 0 heterocycles. The summed E-state index contributed by atoms with van der Waals surface area (Å²) in [5, 5.41) is 11.3. The molecule has 0 aliphatic rings. The molecule has 0 saturated heterocycles. The van der Waals surface area contributed by atoms with Crippen LogP contribution in [0.5, 0.6) is 5.75 Å². The number of hydrogen-bond acceptors (Lipinski definition) is 2. The van der Waals surface area contributed by atoms with Gasteiger partial charge in [0.15, 0.2) is 17.4 Å². The summed E-state index contributed by atoms with van der Waals surface area (Å²) in [4.78, 5) is 11.7. The highest BCUT2D eigenvalue weighted by atomic mass is 19.2. The van der Waals surface area contributed by atoms with E-state index >= 15 is 0 Å². The molecule has 0 aliphatic heterocycles. The number of phenolic OH excluding ortho intramolecular Hbond substituents is 1. The van der Waals surface area contributed by atoms with E-state index in [4.69, 9.17) is 11.5 Å². The highest BCUT2D eigenvalue weighted by Crippen LogP contribution is 2.25. The van der Waals surface area contributed by atoms with E-state index in [9.17, 15) is 18.0 Å². The van der Waals surface area contributed by atoms with E-state index in [-0.39, 0.29) is 5.92 Å². The Balaban J connectivity index is 3.12. The van der Waals surface area contributed by atoms with E-state index in [1.165, 1.54) is 0 Å². The molecule has 1 amide bonds. The highest BCUT2D eigenvalue weighted by molar-refractivity contribution is 5.95. The molecule has 0 fully saturated rings. The SMILES string of the molecule is C#CC(NC(=O)c1cc(F)c(F)c(O)c1F)C(C)C. The summed E-state index contributed by atoms with van der Waals surface area (Å²) in [7, 11) is 0. The molecule has 1 aromatic rings. The van der Waals surface area contributed by atoms with Crippen LogP contribution in [-0.2, 0) is 0 Å². The van der Waals surface area contributed by atoms with Gasteiger partial charge in [-0.2, -0.15) is 4.39 Å². The third kappa shape index (κ3) is 2.99. The van der Waals surface area contributed by atoms with Crippen LogP contribution in [0.15, 0.2) is 6.07 Å². The maximum atomic E-state index is 13.5. The number of nitrogens with one attached hydrogen (secondary N) is 1. The Morgan fingerprint density at radius 3 is 2.42 bits per heavy atom. The molecule has 0 aliphatic carbocycles. The molecule has 102 valence electrons. The van der Waals surface area contributed by atoms with Crippen LogP contribution in [0, 0.1) is 35.7 Å². The number of rotatable bonds is 3. The Morgan fingerprint density at radius 1 is 1.37 bits per heavy atom. The number of halogens is 3. The fourth-order valence-electron chi connectivity index (χ4n) is 1.38. The standard InChI is InChI=1S/C13H12F3NO2/c1-4-9(6(2)3)17-13(19)7-5-8(14)11(16)12(18)10(7)15/h1,5-6,9,18H,2-3H3,(H,17,19). The van der Waals surface area contributed by atoms with Crippen LogP contribution in [0.1, 0.15) is 24.2 Å². The lowest BCUT2D eigenvalue weighted by atomic mass is 10.0. The molecular formula is C13H12F3NO2. The predicted octanol–water partition coefficient (Wildman–Crippen LogP) is 2.20. The van der Waals surface area contributed by atoms with Gasteiger partial charge in [0, 0.05) is 0 Å². The Labute approximate surface area is 108 Å². The van der Waals surface area contributed by atoms with E-state index in [0.717, 1.165) is 0 Å². The Morgan fingerprint density at radius 2 is 1.95 bits per heavy atom. The Bertz CT molecular complexity index is 550. The number of amides is 1. The molecule has 0 aromatic heterocycles. The molecule has 0 radical (unpaired) electrons. The van der Waals surface area contributed by atoms with Gasteiger partial charge in [-0.15, -0.1) is 6.42 Å². The van der Waals surface area contributed by atoms with Gasteiger partial charge in [0.25, 0.3) is 5.91 Å². The van der Waals surface area contributed by atoms with Crippen molar-refractivity contribution in [3.05, 3.63) is 29.1 Å². The van der Waals surface area contributed by atoms with E-state index in [0.29, 0.717) is 6.07 Å². The summed E-state index contributed by atoms with van der Waals surface area (Å²) in [6.45, 7) is 3.45. The van der Waals surface area contributed by atoms with Gasteiger partial charge in [0.05, 0.1) is 11.6 Å². The fraction of sp³-hybridized carbons (Fsp3) is 0.308. The summed E-state index contributed by atoms with van der Waals surface area (Å²) in [5.41, 5.74) is -0.808. The molecule has 3 nitrogen and oxygen atoms in total. The van der Waals surface area contributed by atoms with Crippen molar-refractivity contribution in [1.29, 1.82) is 0 Å². The highest BCUT2D eigenvalue weighted by Gasteiger charge is 2.24. The largest absolute Gasteiger partial charge is 0.503 e. The molecule has 0 bridgehead atoms. The molecule has 0 spiro atoms. The lowest BCUT2D eigenvalue weighted by Gasteiger charge is -2.17. The maximum absolute atomic E-state index is 13.5. The summed E-state index contributed by atoms with van der Waals surface area (Å²) >= 11 is 0. The van der Waals surface area contributed by atoms with E-state index in [2.05, 4.69) is 11.2 Å². The monoisotopic (exact) mass is 271 g/mol. The van der Waals surface area contributed by atoms with Gasteiger partial charge in [-0.1, -0.05) is 19.8 Å². The zero-order valence-corrected chi connectivity index (χ0v) is 10.3. The second-order valence-corrected chi connectivity index (χ2v) is 4.24. The van der Waals surface area contributed by atoms with Gasteiger partial charge in [-0.05, 0) is 12.0 Å². The van der Waals surface area contributed by atoms with Gasteiger partial charge in [-0.25, -0.2) is 8.78 Å². The number of carbonyl (C=O) groups is 1. The van der Waals surface area contributed by atoms with Gasteiger partial charge in [0.2, 0.25) is 5.82 Å². The van der Waals surface area contributed by atoms with Crippen molar-refractivity contribution in [1.82, 2.24) is 5.32 Å². The van der Waals surface area contributed by atoms with Crippen molar-refractivity contribution in [2.45, 2.75) is 19.9 Å². The predicted molar refractivity (Wildman–Crippen MR) is 62.9 cm³/mol. The third-order valence-electron chi connectivity index (χ3n) is 2.51. The van der Waals surface area contributed by atoms with Crippen LogP contribution >= 0.6 is 0 Å². The lowest BCUT2D eigenvalue weighted by Crippen LogP contribution is -2.37. The second kappa shape index (κ2) is 5.65. The molecule has 6 heteroatoms. The van der Waals surface area contributed by atoms with Crippen LogP contribution in [0.4, 0.5) is 13.2 Å². The molecule has 1 unspecified atom stereocenters. The first-order chi connectivity index (χ1) is 8.79. The Hall–Kier alpha value is -2.16. The van der Waals surface area contributed by atoms with E-state index in [1.54, 1.807) is 13.8 Å². The molecule has 1 rings (SSSR count). The fourth-order valence-corrected chi connectivity index (χ4v) is 1.38. The smallest absolute Gasteiger partial charge is 0.255 e.